The topological polar surface area (TPSA) is 19.4 Å². The molecule has 2 rings (SSSR count). The highest BCUT2D eigenvalue weighted by molar-refractivity contribution is 9.10. The zero-order valence-electron chi connectivity index (χ0n) is 11.1. The molecule has 1 saturated heterocycles. The third kappa shape index (κ3) is 2.81. The summed E-state index contributed by atoms with van der Waals surface area (Å²) < 4.78 is 0.982. The van der Waals surface area contributed by atoms with E-state index in [1.807, 2.05) is 6.20 Å². The first-order chi connectivity index (χ1) is 8.44. The van der Waals surface area contributed by atoms with E-state index in [2.05, 4.69) is 57.7 Å². The smallest absolute Gasteiger partial charge is 0.133 e. The number of hydrogen-bond donors (Lipinski definition) is 0. The lowest BCUT2D eigenvalue weighted by molar-refractivity contribution is 0.138. The highest BCUT2D eigenvalue weighted by atomic mass is 79.9. The maximum Gasteiger partial charge on any atom is 0.133 e. The highest BCUT2D eigenvalue weighted by Gasteiger charge is 2.32. The number of halogens is 2. The third-order valence-electron chi connectivity index (χ3n) is 3.67. The number of anilines is 1. The maximum atomic E-state index is 6.03. The Labute approximate surface area is 122 Å². The van der Waals surface area contributed by atoms with E-state index in [1.165, 1.54) is 0 Å². The van der Waals surface area contributed by atoms with Gasteiger partial charge < -0.3 is 4.90 Å². The van der Waals surface area contributed by atoms with Crippen molar-refractivity contribution >= 4 is 33.3 Å². The van der Waals surface area contributed by atoms with Crippen molar-refractivity contribution in [2.24, 2.45) is 0 Å². The van der Waals surface area contributed by atoms with Crippen LogP contribution in [0.15, 0.2) is 16.7 Å². The molecule has 5 heteroatoms. The van der Waals surface area contributed by atoms with Crippen molar-refractivity contribution < 1.29 is 0 Å². The summed E-state index contributed by atoms with van der Waals surface area (Å²) in [7, 11) is 2.18. The molecule has 0 aliphatic carbocycles. The fourth-order valence-corrected chi connectivity index (χ4v) is 2.85. The molecule has 0 bridgehead atoms. The van der Waals surface area contributed by atoms with Crippen molar-refractivity contribution in [1.29, 1.82) is 0 Å². The minimum Gasteiger partial charge on any atom is -0.353 e. The molecule has 0 N–H and O–H groups in total. The molecular weight excluding hydrogens is 314 g/mol. The molecule has 0 unspecified atom stereocenters. The predicted molar refractivity (Wildman–Crippen MR) is 80.4 cm³/mol. The summed E-state index contributed by atoms with van der Waals surface area (Å²) in [6.45, 7) is 7.55. The first kappa shape index (κ1) is 14.1. The lowest BCUT2D eigenvalue weighted by Crippen LogP contribution is -2.58. The first-order valence-electron chi connectivity index (χ1n) is 6.10. The molecule has 1 fully saturated rings. The Hall–Kier alpha value is -0.320. The number of pyridine rings is 1. The summed E-state index contributed by atoms with van der Waals surface area (Å²) in [6, 6.07) is 2.06. The Balaban J connectivity index is 2.27. The molecule has 0 radical (unpaired) electrons. The third-order valence-corrected chi connectivity index (χ3v) is 4.39. The Morgan fingerprint density at radius 3 is 2.78 bits per heavy atom. The van der Waals surface area contributed by atoms with Crippen LogP contribution in [0.25, 0.3) is 0 Å². The number of piperazine rings is 1. The zero-order valence-corrected chi connectivity index (χ0v) is 13.4. The van der Waals surface area contributed by atoms with E-state index in [9.17, 15) is 0 Å². The number of hydrogen-bond acceptors (Lipinski definition) is 3. The fraction of sp³-hybridized carbons (Fsp3) is 0.615. The van der Waals surface area contributed by atoms with E-state index in [1.54, 1.807) is 0 Å². The largest absolute Gasteiger partial charge is 0.353 e. The van der Waals surface area contributed by atoms with Crippen LogP contribution in [-0.4, -0.2) is 42.1 Å². The van der Waals surface area contributed by atoms with Crippen LogP contribution in [0.4, 0.5) is 5.82 Å². The van der Waals surface area contributed by atoms with Gasteiger partial charge in [-0.3, -0.25) is 4.90 Å². The van der Waals surface area contributed by atoms with Crippen LogP contribution in [0, 0.1) is 0 Å². The van der Waals surface area contributed by atoms with Gasteiger partial charge in [0, 0.05) is 41.4 Å². The molecule has 0 atom stereocenters. The van der Waals surface area contributed by atoms with E-state index < -0.39 is 0 Å². The maximum absolute atomic E-state index is 6.03. The van der Waals surface area contributed by atoms with E-state index >= 15 is 0 Å². The normalized spacial score (nSPS) is 20.2. The first-order valence-corrected chi connectivity index (χ1v) is 7.43. The summed E-state index contributed by atoms with van der Waals surface area (Å²) >= 11 is 9.47. The summed E-state index contributed by atoms with van der Waals surface area (Å²) in [6.07, 6.45) is 1.84. The van der Waals surface area contributed by atoms with Crippen molar-refractivity contribution in [2.75, 3.05) is 31.6 Å². The number of nitrogens with zero attached hydrogens (tertiary/aromatic N) is 3. The number of likely N-dealkylation sites (N-methyl/N-ethyl adjacent to an activating group) is 1. The molecule has 18 heavy (non-hydrogen) atoms. The lowest BCUT2D eigenvalue weighted by atomic mass is 9.99. The fourth-order valence-electron chi connectivity index (χ4n) is 2.28. The Morgan fingerprint density at radius 1 is 1.44 bits per heavy atom. The molecule has 1 aromatic heterocycles. The second-order valence-electron chi connectivity index (χ2n) is 5.43. The number of alkyl halides is 1. The van der Waals surface area contributed by atoms with Gasteiger partial charge in [0.05, 0.1) is 5.88 Å². The van der Waals surface area contributed by atoms with E-state index in [-0.39, 0.29) is 5.54 Å². The molecule has 0 saturated carbocycles. The molecule has 1 aromatic rings. The lowest BCUT2D eigenvalue weighted by Gasteiger charge is -2.46. The highest BCUT2D eigenvalue weighted by Crippen LogP contribution is 2.28. The standard InChI is InChI=1S/C13H19BrClN3/c1-13(2)9-18(5-4-17(13)3)12-10(7-15)6-11(14)8-16-12/h6,8H,4-5,7,9H2,1-3H3. The number of rotatable bonds is 2. The summed E-state index contributed by atoms with van der Waals surface area (Å²) in [4.78, 5) is 9.27. The SMILES string of the molecule is CN1CCN(c2ncc(Br)cc2CCl)CC1(C)C. The van der Waals surface area contributed by atoms with Crippen LogP contribution in [-0.2, 0) is 5.88 Å². The van der Waals surface area contributed by atoms with Crippen molar-refractivity contribution in [1.82, 2.24) is 9.88 Å². The van der Waals surface area contributed by atoms with Crippen LogP contribution in [0.3, 0.4) is 0 Å². The van der Waals surface area contributed by atoms with Gasteiger partial charge in [-0.05, 0) is 42.9 Å². The quantitative estimate of drug-likeness (QED) is 0.776. The van der Waals surface area contributed by atoms with Crippen LogP contribution in [0.1, 0.15) is 19.4 Å². The molecule has 1 aliphatic rings. The molecule has 2 heterocycles. The Morgan fingerprint density at radius 2 is 2.17 bits per heavy atom. The van der Waals surface area contributed by atoms with E-state index in [0.29, 0.717) is 5.88 Å². The monoisotopic (exact) mass is 331 g/mol. The van der Waals surface area contributed by atoms with Crippen LogP contribution >= 0.6 is 27.5 Å². The van der Waals surface area contributed by atoms with Gasteiger partial charge in [-0.2, -0.15) is 0 Å². The molecule has 0 aromatic carbocycles. The van der Waals surface area contributed by atoms with Gasteiger partial charge in [0.25, 0.3) is 0 Å². The van der Waals surface area contributed by atoms with Gasteiger partial charge in [0.1, 0.15) is 5.82 Å². The second kappa shape index (κ2) is 5.35. The van der Waals surface area contributed by atoms with Gasteiger partial charge in [0.2, 0.25) is 0 Å². The minimum absolute atomic E-state index is 0.163. The molecule has 100 valence electrons. The van der Waals surface area contributed by atoms with Crippen molar-refractivity contribution in [3.8, 4) is 0 Å². The van der Waals surface area contributed by atoms with Gasteiger partial charge in [-0.15, -0.1) is 11.6 Å². The predicted octanol–water partition coefficient (Wildman–Crippen LogP) is 3.11. The van der Waals surface area contributed by atoms with Gasteiger partial charge in [0.15, 0.2) is 0 Å². The van der Waals surface area contributed by atoms with Gasteiger partial charge in [-0.1, -0.05) is 0 Å². The molecular formula is C13H19BrClN3. The van der Waals surface area contributed by atoms with Crippen molar-refractivity contribution in [3.63, 3.8) is 0 Å². The summed E-state index contributed by atoms with van der Waals surface area (Å²) in [5.41, 5.74) is 1.25. The summed E-state index contributed by atoms with van der Waals surface area (Å²) in [5.74, 6) is 1.52. The number of aromatic nitrogens is 1. The van der Waals surface area contributed by atoms with Crippen LogP contribution in [0.2, 0.25) is 0 Å². The zero-order chi connectivity index (χ0) is 13.3. The molecule has 1 aliphatic heterocycles. The average molecular weight is 333 g/mol. The Kier molecular flexibility index (Phi) is 4.19. The van der Waals surface area contributed by atoms with Crippen molar-refractivity contribution in [3.05, 3.63) is 22.3 Å². The van der Waals surface area contributed by atoms with Gasteiger partial charge >= 0.3 is 0 Å². The van der Waals surface area contributed by atoms with Crippen LogP contribution in [0.5, 0.6) is 0 Å². The average Bonchev–Trinajstić information content (AvgIpc) is 2.32. The van der Waals surface area contributed by atoms with Crippen molar-refractivity contribution in [2.45, 2.75) is 25.3 Å². The second-order valence-corrected chi connectivity index (χ2v) is 6.61. The molecule has 0 spiro atoms. The molecule has 3 nitrogen and oxygen atoms in total. The summed E-state index contributed by atoms with van der Waals surface area (Å²) in [5, 5.41) is 0. The van der Waals surface area contributed by atoms with Gasteiger partial charge in [-0.25, -0.2) is 4.98 Å². The molecule has 0 amide bonds. The van der Waals surface area contributed by atoms with E-state index in [4.69, 9.17) is 11.6 Å². The minimum atomic E-state index is 0.163. The van der Waals surface area contributed by atoms with E-state index in [0.717, 1.165) is 35.5 Å². The van der Waals surface area contributed by atoms with Crippen LogP contribution < -0.4 is 4.90 Å². The Bertz CT molecular complexity index is 436.